The minimum Gasteiger partial charge on any atom is -0.508 e. The van der Waals surface area contributed by atoms with Crippen molar-refractivity contribution in [1.29, 1.82) is 0 Å². The van der Waals surface area contributed by atoms with Crippen LogP contribution in [0.5, 0.6) is 23.0 Å². The van der Waals surface area contributed by atoms with Crippen molar-refractivity contribution in [2.24, 2.45) is 101 Å². The Labute approximate surface area is 629 Å². The minimum absolute atomic E-state index is 0.103. The molecular formula is C91H130O14. The summed E-state index contributed by atoms with van der Waals surface area (Å²) in [6.07, 6.45) is 33.9. The molecule has 12 rings (SSSR count). The molecule has 0 amide bonds. The van der Waals surface area contributed by atoms with Gasteiger partial charge in [0.2, 0.25) is 0 Å². The molecule has 14 heteroatoms. The first-order valence-corrected chi connectivity index (χ1v) is 40.5. The van der Waals surface area contributed by atoms with Crippen molar-refractivity contribution in [1.82, 2.24) is 0 Å². The van der Waals surface area contributed by atoms with Gasteiger partial charge in [-0.1, -0.05) is 151 Å². The number of aliphatic hydroxyl groups is 2. The molecule has 0 bridgehead atoms. The number of carbonyl (C=O) groups is 4. The van der Waals surface area contributed by atoms with Gasteiger partial charge in [-0.05, 0) is 267 Å². The summed E-state index contributed by atoms with van der Waals surface area (Å²) in [7, 11) is 6.75. The van der Waals surface area contributed by atoms with E-state index < -0.39 is 30.0 Å². The van der Waals surface area contributed by atoms with Crippen molar-refractivity contribution < 1.29 is 67.3 Å². The van der Waals surface area contributed by atoms with E-state index in [1.807, 2.05) is 14.2 Å². The van der Waals surface area contributed by atoms with Gasteiger partial charge in [-0.15, -0.1) is 0 Å². The van der Waals surface area contributed by atoms with E-state index in [2.05, 4.69) is 109 Å². The molecule has 8 saturated carbocycles. The molecule has 578 valence electrons. The number of ether oxygens (including phenoxy) is 8. The molecule has 0 radical (unpaired) electrons. The summed E-state index contributed by atoms with van der Waals surface area (Å²) in [6, 6.07) is 9.93. The van der Waals surface area contributed by atoms with E-state index in [-0.39, 0.29) is 99.1 Å². The maximum absolute atomic E-state index is 13.6. The lowest BCUT2D eigenvalue weighted by Gasteiger charge is -2.64. The number of hydrogen-bond donors (Lipinski definition) is 2. The lowest BCUT2D eigenvalue weighted by molar-refractivity contribution is -0.178. The van der Waals surface area contributed by atoms with E-state index >= 15 is 0 Å². The first-order chi connectivity index (χ1) is 49.4. The predicted molar refractivity (Wildman–Crippen MR) is 412 cm³/mol. The molecule has 105 heavy (non-hydrogen) atoms. The fourth-order valence-electron chi connectivity index (χ4n) is 26.7. The maximum Gasteiger partial charge on any atom is 0.311 e. The van der Waals surface area contributed by atoms with E-state index in [1.165, 1.54) is 109 Å². The standard InChI is InChI=1S/C91H130O14/c1-82(2)70-39-45-86(9)54-58-23-31-68-84(5,6)76(43-47-88(68,11)62(58)27-33-72(86)90(70,13)49-41-74(82)100-17)104-80(96)37-35-78(94)102-64-29-21-56(51-66(64)98-15)19-25-60(92)53-61(93)26-20-57-22-30-65(67(52-57)99-16)103-79(95)36-38-81(97)105-77-44-48-89(12)63-28-34-73-87(10,55-59(63)24-32-69(89)85(77,7)8)46-40-71-83(3,4)75(101-18)42-50-91(71,73)14/h19-26,29-30,51-53,60,62-63,68-77,92-93H,27-28,31-50,54-55H2,1-18H3/b25-19+,26-20+,61-53-/t60?,62?,63-,68?,69-,70-,71?,72?,73?,74+,75+,76?,77+,86-,87-,88+,89+,90-,91-/m0/s1. The van der Waals surface area contributed by atoms with Crippen LogP contribution >= 0.6 is 0 Å². The second-order valence-corrected chi connectivity index (χ2v) is 38.8. The lowest BCUT2D eigenvalue weighted by Crippen LogP contribution is -2.58. The zero-order valence-electron chi connectivity index (χ0n) is 67.3. The molecule has 2 N–H and O–H groups in total. The van der Waals surface area contributed by atoms with Crippen LogP contribution in [0.15, 0.2) is 83.7 Å². The van der Waals surface area contributed by atoms with Crippen molar-refractivity contribution in [3.63, 3.8) is 0 Å². The van der Waals surface area contributed by atoms with Crippen LogP contribution in [0.1, 0.15) is 262 Å². The Bertz CT molecular complexity index is 3730. The van der Waals surface area contributed by atoms with Crippen LogP contribution < -0.4 is 18.9 Å². The molecule has 14 nitrogen and oxygen atoms in total. The number of aliphatic hydroxyl groups excluding tert-OH is 2. The first-order valence-electron chi connectivity index (χ1n) is 40.5. The Balaban J connectivity index is 0.575. The quantitative estimate of drug-likeness (QED) is 0.0445. The molecule has 2 aromatic rings. The van der Waals surface area contributed by atoms with E-state index in [0.717, 1.165) is 51.4 Å². The summed E-state index contributed by atoms with van der Waals surface area (Å²) in [5.74, 6) is 3.20. The molecule has 2 aromatic carbocycles. The second kappa shape index (κ2) is 29.6. The summed E-state index contributed by atoms with van der Waals surface area (Å²) >= 11 is 0. The van der Waals surface area contributed by atoms with Crippen LogP contribution in [0.3, 0.4) is 0 Å². The fourth-order valence-corrected chi connectivity index (χ4v) is 26.7. The van der Waals surface area contributed by atoms with Crippen LogP contribution in [0.2, 0.25) is 0 Å². The van der Waals surface area contributed by atoms with Crippen molar-refractivity contribution >= 4 is 36.0 Å². The predicted octanol–water partition coefficient (Wildman–Crippen LogP) is 20.3. The van der Waals surface area contributed by atoms with Gasteiger partial charge in [0, 0.05) is 25.0 Å². The summed E-state index contributed by atoms with van der Waals surface area (Å²) in [6.45, 7) is 34.7. The average molecular weight is 1450 g/mol. The van der Waals surface area contributed by atoms with Crippen molar-refractivity contribution in [3.8, 4) is 23.0 Å². The highest BCUT2D eigenvalue weighted by molar-refractivity contribution is 5.80. The third-order valence-electron chi connectivity index (χ3n) is 31.9. The molecule has 0 saturated heterocycles. The SMILES string of the molecule is COc1cc(/C=C/C(O)/C=C(O)/C=C/c2ccc(OC(=O)CCC(=O)O[C@@H]3CC[C@]4(C)[C@H]5CCC6[C@@](C)(CCC7C(C)(C)[C@H](OC)CC[C@@]76C)CC5=CC[C@H]4C3(C)C)c(OC)c2)ccc1OC(=O)CCC(=O)OC1CC[C@]2(C)C3CCC4[C@@](C)(CC[C@H]5C(C)(C)[C@H](OC)CC[C@]45C)CC3=CCC2C1(C)C. The highest BCUT2D eigenvalue weighted by Gasteiger charge is 2.66. The summed E-state index contributed by atoms with van der Waals surface area (Å²) in [5, 5.41) is 21.7. The molecule has 0 heterocycles. The van der Waals surface area contributed by atoms with E-state index in [4.69, 9.17) is 37.9 Å². The molecular weight excluding hydrogens is 1320 g/mol. The normalized spacial score (nSPS) is 38.1. The largest absolute Gasteiger partial charge is 0.508 e. The molecule has 0 spiro atoms. The minimum atomic E-state index is -1.18. The van der Waals surface area contributed by atoms with Crippen molar-refractivity contribution in [2.45, 2.75) is 282 Å². The zero-order valence-corrected chi connectivity index (χ0v) is 67.3. The molecule has 19 atom stereocenters. The number of rotatable bonds is 19. The van der Waals surface area contributed by atoms with E-state index in [1.54, 1.807) is 59.7 Å². The van der Waals surface area contributed by atoms with Crippen molar-refractivity contribution in [3.05, 3.63) is 94.8 Å². The number of allylic oxidation sites excluding steroid dienone is 5. The van der Waals surface area contributed by atoms with E-state index in [9.17, 15) is 29.4 Å². The Morgan fingerprint density at radius 2 is 0.819 bits per heavy atom. The van der Waals surface area contributed by atoms with Gasteiger partial charge in [0.15, 0.2) is 23.0 Å². The van der Waals surface area contributed by atoms with Crippen molar-refractivity contribution in [2.75, 3.05) is 28.4 Å². The molecule has 0 aliphatic heterocycles. The second-order valence-electron chi connectivity index (χ2n) is 38.8. The Morgan fingerprint density at radius 3 is 1.23 bits per heavy atom. The topological polar surface area (TPSA) is 183 Å². The number of methoxy groups -OCH3 is 4. The smallest absolute Gasteiger partial charge is 0.311 e. The summed E-state index contributed by atoms with van der Waals surface area (Å²) < 4.78 is 47.6. The number of benzene rings is 2. The van der Waals surface area contributed by atoms with Gasteiger partial charge in [0.25, 0.3) is 0 Å². The Kier molecular flexibility index (Phi) is 22.2. The number of esters is 4. The third kappa shape index (κ3) is 14.6. The monoisotopic (exact) mass is 1450 g/mol. The number of hydrogen-bond acceptors (Lipinski definition) is 14. The molecule has 8 fully saturated rings. The number of carbonyl (C=O) groups excluding carboxylic acids is 4. The zero-order chi connectivity index (χ0) is 75.8. The fraction of sp³-hybridized carbons (Fsp3) is 0.714. The van der Waals surface area contributed by atoms with Gasteiger partial charge in [0.1, 0.15) is 18.0 Å². The maximum atomic E-state index is 13.6. The highest BCUT2D eigenvalue weighted by atomic mass is 16.6. The Morgan fingerprint density at radius 1 is 0.438 bits per heavy atom. The van der Waals surface area contributed by atoms with Crippen LogP contribution in [-0.4, -0.2) is 93.0 Å². The van der Waals surface area contributed by atoms with Gasteiger partial charge in [-0.25, -0.2) is 0 Å². The summed E-state index contributed by atoms with van der Waals surface area (Å²) in [4.78, 5) is 53.9. The van der Waals surface area contributed by atoms with Gasteiger partial charge in [0.05, 0.1) is 58.2 Å². The first kappa shape index (κ1) is 78.9. The molecule has 10 aliphatic rings. The molecule has 10 aliphatic carbocycles. The van der Waals surface area contributed by atoms with E-state index in [0.29, 0.717) is 92.3 Å². The van der Waals surface area contributed by atoms with Gasteiger partial charge >= 0.3 is 23.9 Å². The average Bonchev–Trinajstić information content (AvgIpc) is 1.38. The van der Waals surface area contributed by atoms with Gasteiger partial charge in [-0.2, -0.15) is 0 Å². The Hall–Kier alpha value is -5.70. The van der Waals surface area contributed by atoms with Gasteiger partial charge < -0.3 is 48.1 Å². The molecule has 7 unspecified atom stereocenters. The third-order valence-corrected chi connectivity index (χ3v) is 31.9. The van der Waals surface area contributed by atoms with Crippen LogP contribution in [-0.2, 0) is 38.1 Å². The van der Waals surface area contributed by atoms with Crippen LogP contribution in [0, 0.1) is 101 Å². The van der Waals surface area contributed by atoms with Crippen LogP contribution in [0.4, 0.5) is 0 Å². The lowest BCUT2D eigenvalue weighted by atomic mass is 9.42. The summed E-state index contributed by atoms with van der Waals surface area (Å²) in [5.41, 5.74) is 5.83. The van der Waals surface area contributed by atoms with Gasteiger partial charge in [-0.3, -0.25) is 19.2 Å². The number of fused-ring (bicyclic) bond motifs is 12. The molecule has 0 aromatic heterocycles. The highest BCUT2D eigenvalue weighted by Crippen LogP contribution is 2.73. The van der Waals surface area contributed by atoms with Crippen LogP contribution in [0.25, 0.3) is 12.2 Å².